The van der Waals surface area contributed by atoms with Crippen LogP contribution in [0.15, 0.2) is 83.8 Å². The summed E-state index contributed by atoms with van der Waals surface area (Å²) in [4.78, 5) is 30.9. The first-order valence-corrected chi connectivity index (χ1v) is 14.7. The third-order valence-electron chi connectivity index (χ3n) is 7.25. The van der Waals surface area contributed by atoms with Crippen LogP contribution in [-0.4, -0.2) is 48.4 Å². The molecule has 9 heteroatoms. The molecule has 1 N–H and O–H groups in total. The van der Waals surface area contributed by atoms with Crippen LogP contribution in [0.25, 0.3) is 20.7 Å². The molecule has 0 saturated carbocycles. The second-order valence-corrected chi connectivity index (χ2v) is 11.2. The third kappa shape index (κ3) is 6.28. The summed E-state index contributed by atoms with van der Waals surface area (Å²) in [5, 5.41) is 10.9. The molecule has 222 valence electrons. The summed E-state index contributed by atoms with van der Waals surface area (Å²) in [7, 11) is 5.18. The Labute approximate surface area is 254 Å². The number of aromatic hydroxyl groups is 1. The highest BCUT2D eigenvalue weighted by Gasteiger charge is 2.25. The van der Waals surface area contributed by atoms with Gasteiger partial charge in [0.05, 0.1) is 32.8 Å². The number of hydrogen-bond acceptors (Lipinski definition) is 8. The topological polar surface area (TPSA) is 90.2 Å². The van der Waals surface area contributed by atoms with Crippen LogP contribution in [0.5, 0.6) is 17.2 Å². The van der Waals surface area contributed by atoms with Crippen molar-refractivity contribution in [1.29, 1.82) is 0 Å². The average molecular weight is 599 g/mol. The maximum atomic E-state index is 14.1. The monoisotopic (exact) mass is 598 g/mol. The lowest BCUT2D eigenvalue weighted by atomic mass is 10.0. The van der Waals surface area contributed by atoms with E-state index in [1.54, 1.807) is 39.5 Å². The second-order valence-electron chi connectivity index (χ2n) is 10.2. The molecule has 0 aliphatic rings. The fourth-order valence-electron chi connectivity index (χ4n) is 5.17. The molecule has 0 atom stereocenters. The summed E-state index contributed by atoms with van der Waals surface area (Å²) in [6.07, 6.45) is 1.60. The lowest BCUT2D eigenvalue weighted by Gasteiger charge is -2.19. The zero-order valence-electron chi connectivity index (χ0n) is 24.6. The first-order valence-electron chi connectivity index (χ1n) is 13.9. The van der Waals surface area contributed by atoms with E-state index < -0.39 is 5.97 Å². The molecule has 0 aliphatic heterocycles. The molecule has 5 aromatic rings. The number of nitrogens with zero attached hydrogens (tertiary/aromatic N) is 2. The molecule has 0 fully saturated rings. The molecule has 0 radical (unpaired) electrons. The van der Waals surface area contributed by atoms with Gasteiger partial charge in [0.1, 0.15) is 27.6 Å². The predicted molar refractivity (Wildman–Crippen MR) is 169 cm³/mol. The number of carbonyl (C=O) groups is 1. The lowest BCUT2D eigenvalue weighted by Crippen LogP contribution is -2.23. The Morgan fingerprint density at radius 2 is 1.63 bits per heavy atom. The van der Waals surface area contributed by atoms with Gasteiger partial charge >= 0.3 is 5.97 Å². The van der Waals surface area contributed by atoms with Gasteiger partial charge < -0.3 is 23.9 Å². The highest BCUT2D eigenvalue weighted by Crippen LogP contribution is 2.39. The minimum Gasteiger partial charge on any atom is -0.508 e. The fraction of sp³-hybridized carbons (Fsp3) is 0.235. The van der Waals surface area contributed by atoms with Gasteiger partial charge in [-0.25, -0.2) is 4.79 Å². The molecule has 2 heterocycles. The van der Waals surface area contributed by atoms with E-state index in [0.717, 1.165) is 37.7 Å². The minimum atomic E-state index is -0.658. The van der Waals surface area contributed by atoms with Crippen molar-refractivity contribution >= 4 is 27.5 Å². The second kappa shape index (κ2) is 13.1. The van der Waals surface area contributed by atoms with Gasteiger partial charge in [0.15, 0.2) is 0 Å². The van der Waals surface area contributed by atoms with Crippen LogP contribution in [0, 0.1) is 0 Å². The Balaban J connectivity index is 1.73. The van der Waals surface area contributed by atoms with Gasteiger partial charge in [-0.15, -0.1) is 11.3 Å². The molecule has 0 spiro atoms. The summed E-state index contributed by atoms with van der Waals surface area (Å²) in [5.41, 5.74) is 3.01. The molecule has 8 nitrogen and oxygen atoms in total. The lowest BCUT2D eigenvalue weighted by molar-refractivity contribution is 0.0524. The molecule has 5 rings (SSSR count). The van der Waals surface area contributed by atoms with Crippen LogP contribution < -0.4 is 14.9 Å². The van der Waals surface area contributed by atoms with E-state index >= 15 is 0 Å². The van der Waals surface area contributed by atoms with Crippen molar-refractivity contribution in [3.05, 3.63) is 111 Å². The van der Waals surface area contributed by atoms with Crippen molar-refractivity contribution in [3.8, 4) is 27.7 Å². The number of fused-ring (bicyclic) bond motifs is 1. The minimum absolute atomic E-state index is 0.0204. The number of carbonyl (C=O) groups excluding carboxylic acids is 1. The summed E-state index contributed by atoms with van der Waals surface area (Å²) in [6.45, 7) is 3.10. The number of thiophene rings is 1. The maximum absolute atomic E-state index is 14.1. The normalized spacial score (nSPS) is 11.2. The van der Waals surface area contributed by atoms with Crippen molar-refractivity contribution in [2.45, 2.75) is 26.6 Å². The number of methoxy groups -OCH3 is 2. The number of rotatable bonds is 11. The smallest absolute Gasteiger partial charge is 0.343 e. The molecule has 43 heavy (non-hydrogen) atoms. The third-order valence-corrected chi connectivity index (χ3v) is 8.56. The van der Waals surface area contributed by atoms with Crippen molar-refractivity contribution in [1.82, 2.24) is 9.47 Å². The number of pyridine rings is 1. The molecule has 2 aromatic heterocycles. The Bertz CT molecular complexity index is 1810. The number of benzene rings is 3. The van der Waals surface area contributed by atoms with E-state index in [1.165, 1.54) is 11.3 Å². The zero-order valence-corrected chi connectivity index (χ0v) is 25.4. The largest absolute Gasteiger partial charge is 0.508 e. The first-order chi connectivity index (χ1) is 20.8. The molecule has 3 aromatic carbocycles. The highest BCUT2D eigenvalue weighted by molar-refractivity contribution is 7.22. The van der Waals surface area contributed by atoms with Crippen molar-refractivity contribution < 1.29 is 24.1 Å². The van der Waals surface area contributed by atoms with Gasteiger partial charge in [0.2, 0.25) is 5.43 Å². The Hall–Kier alpha value is -4.60. The molecule has 0 aliphatic carbocycles. The number of aromatic nitrogens is 1. The van der Waals surface area contributed by atoms with Crippen LogP contribution in [-0.2, 0) is 24.4 Å². The van der Waals surface area contributed by atoms with Crippen molar-refractivity contribution in [3.63, 3.8) is 0 Å². The molecular weight excluding hydrogens is 564 g/mol. The summed E-state index contributed by atoms with van der Waals surface area (Å²) < 4.78 is 18.2. The number of phenols is 1. The predicted octanol–water partition coefficient (Wildman–Crippen LogP) is 6.31. The number of phenolic OH excluding ortho intramolecular Hbond substituents is 1. The number of esters is 1. The van der Waals surface area contributed by atoms with Gasteiger partial charge in [-0.05, 0) is 61.5 Å². The van der Waals surface area contributed by atoms with Gasteiger partial charge in [-0.1, -0.05) is 36.4 Å². The summed E-state index contributed by atoms with van der Waals surface area (Å²) in [6, 6.07) is 22.6. The van der Waals surface area contributed by atoms with Gasteiger partial charge in [-0.2, -0.15) is 0 Å². The Morgan fingerprint density at radius 1 is 0.930 bits per heavy atom. The van der Waals surface area contributed by atoms with E-state index in [4.69, 9.17) is 14.2 Å². The zero-order chi connectivity index (χ0) is 30.5. The number of para-hydroxylation sites is 2. The van der Waals surface area contributed by atoms with E-state index in [1.807, 2.05) is 77.2 Å². The Kier molecular flexibility index (Phi) is 9.13. The molecular formula is C34H34N2O6S. The molecule has 0 unspecified atom stereocenters. The van der Waals surface area contributed by atoms with Crippen LogP contribution in [0.4, 0.5) is 0 Å². The van der Waals surface area contributed by atoms with Crippen LogP contribution in [0.2, 0.25) is 0 Å². The number of hydrogen-bond donors (Lipinski definition) is 1. The molecule has 0 bridgehead atoms. The Morgan fingerprint density at radius 3 is 2.30 bits per heavy atom. The maximum Gasteiger partial charge on any atom is 0.343 e. The highest BCUT2D eigenvalue weighted by atomic mass is 32.1. The molecule has 0 amide bonds. The fourth-order valence-corrected chi connectivity index (χ4v) is 6.46. The van der Waals surface area contributed by atoms with Gasteiger partial charge in [-0.3, -0.25) is 9.69 Å². The van der Waals surface area contributed by atoms with Crippen LogP contribution in [0.3, 0.4) is 0 Å². The quantitative estimate of drug-likeness (QED) is 0.178. The van der Waals surface area contributed by atoms with Crippen molar-refractivity contribution in [2.75, 3.05) is 27.9 Å². The van der Waals surface area contributed by atoms with Crippen LogP contribution >= 0.6 is 11.3 Å². The van der Waals surface area contributed by atoms with E-state index in [-0.39, 0.29) is 23.3 Å². The summed E-state index contributed by atoms with van der Waals surface area (Å²) >= 11 is 1.50. The van der Waals surface area contributed by atoms with Gasteiger partial charge in [0.25, 0.3) is 0 Å². The SMILES string of the molecule is CCOC(=O)c1cn(Cc2ccccc2OC)c2sc(-c3ccc(OC)cc3)c(CN(C)Cc3ccccc3O)c2c1=O. The van der Waals surface area contributed by atoms with Crippen molar-refractivity contribution in [2.24, 2.45) is 0 Å². The van der Waals surface area contributed by atoms with E-state index in [2.05, 4.69) is 0 Å². The summed E-state index contributed by atoms with van der Waals surface area (Å²) in [5.74, 6) is 0.988. The number of ether oxygens (including phenoxy) is 3. The average Bonchev–Trinajstić information content (AvgIpc) is 3.39. The van der Waals surface area contributed by atoms with Crippen LogP contribution in [0.1, 0.15) is 34.0 Å². The van der Waals surface area contributed by atoms with E-state index in [0.29, 0.717) is 30.8 Å². The molecule has 0 saturated heterocycles. The van der Waals surface area contributed by atoms with E-state index in [9.17, 15) is 14.7 Å². The standard InChI is InChI=1S/C34H34N2O6S/c1-5-42-34(39)27-21-36(19-24-11-7-9-13-29(24)41-4)33-30(31(27)38)26(20-35(2)18-23-10-6-8-12-28(23)37)32(43-33)22-14-16-25(40-3)17-15-22/h6-17,21,37H,5,18-20H2,1-4H3. The first kappa shape index (κ1) is 29.9. The van der Waals surface area contributed by atoms with Gasteiger partial charge in [0, 0.05) is 35.3 Å².